The van der Waals surface area contributed by atoms with Crippen molar-refractivity contribution in [3.63, 3.8) is 0 Å². The molecule has 1 aromatic rings. The van der Waals surface area contributed by atoms with Gasteiger partial charge >= 0.3 is 6.18 Å². The summed E-state index contributed by atoms with van der Waals surface area (Å²) in [6.45, 7) is 4.98. The van der Waals surface area contributed by atoms with Crippen molar-refractivity contribution < 1.29 is 13.2 Å². The smallest absolute Gasteiger partial charge is 0.312 e. The van der Waals surface area contributed by atoms with Crippen LogP contribution in [0.2, 0.25) is 0 Å². The molecule has 0 amide bonds. The Bertz CT molecular complexity index is 487. The third-order valence-electron chi connectivity index (χ3n) is 4.87. The second-order valence-electron chi connectivity index (χ2n) is 6.22. The van der Waals surface area contributed by atoms with E-state index < -0.39 is 11.7 Å². The van der Waals surface area contributed by atoms with E-state index in [0.717, 1.165) is 31.3 Å². The highest BCUT2D eigenvalue weighted by Gasteiger charge is 2.37. The predicted octanol–water partition coefficient (Wildman–Crippen LogP) is 3.45. The maximum absolute atomic E-state index is 12.8. The van der Waals surface area contributed by atoms with Crippen LogP contribution in [-0.4, -0.2) is 30.6 Å². The quantitative estimate of drug-likeness (QED) is 0.899. The average molecular weight is 298 g/mol. The van der Waals surface area contributed by atoms with E-state index in [2.05, 4.69) is 10.2 Å². The normalized spacial score (nSPS) is 28.4. The van der Waals surface area contributed by atoms with Crippen molar-refractivity contribution in [1.82, 2.24) is 10.2 Å². The molecular weight excluding hydrogens is 277 g/mol. The summed E-state index contributed by atoms with van der Waals surface area (Å²) in [6, 6.07) is 6.28. The molecule has 2 nitrogen and oxygen atoms in total. The lowest BCUT2D eigenvalue weighted by molar-refractivity contribution is -0.137. The summed E-state index contributed by atoms with van der Waals surface area (Å²) in [5.41, 5.74) is 0.199. The summed E-state index contributed by atoms with van der Waals surface area (Å²) < 4.78 is 38.5. The maximum Gasteiger partial charge on any atom is 0.416 e. The number of piperidine rings is 1. The lowest BCUT2D eigenvalue weighted by Crippen LogP contribution is -2.40. The van der Waals surface area contributed by atoms with Crippen molar-refractivity contribution >= 4 is 0 Å². The number of hydrogen-bond donors (Lipinski definition) is 1. The first-order valence-corrected chi connectivity index (χ1v) is 7.60. The number of hydrogen-bond acceptors (Lipinski definition) is 2. The Balaban J connectivity index is 1.75. The topological polar surface area (TPSA) is 15.3 Å². The van der Waals surface area contributed by atoms with E-state index in [9.17, 15) is 13.2 Å². The molecule has 0 radical (unpaired) electrons. The molecule has 1 aromatic carbocycles. The Morgan fingerprint density at radius 2 is 2.10 bits per heavy atom. The fourth-order valence-corrected chi connectivity index (χ4v) is 3.58. The van der Waals surface area contributed by atoms with Gasteiger partial charge in [-0.1, -0.05) is 12.1 Å². The fraction of sp³-hybridized carbons (Fsp3) is 0.625. The molecule has 2 fully saturated rings. The summed E-state index contributed by atoms with van der Waals surface area (Å²) in [6.07, 6.45) is -1.84. The molecule has 116 valence electrons. The molecule has 2 aliphatic rings. The molecular formula is C16H21F3N2. The first-order valence-electron chi connectivity index (χ1n) is 7.60. The highest BCUT2D eigenvalue weighted by Crippen LogP contribution is 2.34. The molecule has 3 atom stereocenters. The van der Waals surface area contributed by atoms with Crippen LogP contribution in [0, 0.1) is 5.92 Å². The zero-order chi connectivity index (χ0) is 15.0. The summed E-state index contributed by atoms with van der Waals surface area (Å²) in [5, 5.41) is 3.53. The third kappa shape index (κ3) is 3.09. The minimum absolute atomic E-state index is 0.0275. The summed E-state index contributed by atoms with van der Waals surface area (Å²) in [7, 11) is 0. The van der Waals surface area contributed by atoms with Crippen LogP contribution in [0.25, 0.3) is 0 Å². The van der Waals surface area contributed by atoms with E-state index in [0.29, 0.717) is 12.0 Å². The lowest BCUT2D eigenvalue weighted by Gasteiger charge is -2.25. The fourth-order valence-electron chi connectivity index (χ4n) is 3.58. The van der Waals surface area contributed by atoms with Gasteiger partial charge in [0.1, 0.15) is 0 Å². The van der Waals surface area contributed by atoms with Crippen molar-refractivity contribution in [2.45, 2.75) is 38.0 Å². The zero-order valence-corrected chi connectivity index (χ0v) is 12.2. The van der Waals surface area contributed by atoms with Gasteiger partial charge in [-0.05, 0) is 49.9 Å². The van der Waals surface area contributed by atoms with Crippen LogP contribution in [0.5, 0.6) is 0 Å². The summed E-state index contributed by atoms with van der Waals surface area (Å²) >= 11 is 0. The molecule has 0 aliphatic carbocycles. The third-order valence-corrected chi connectivity index (χ3v) is 4.87. The minimum atomic E-state index is -4.27. The van der Waals surface area contributed by atoms with Crippen LogP contribution in [0.15, 0.2) is 24.3 Å². The van der Waals surface area contributed by atoms with Crippen LogP contribution in [0.3, 0.4) is 0 Å². The van der Waals surface area contributed by atoms with Crippen LogP contribution >= 0.6 is 0 Å². The SMILES string of the molecule is CC(c1cccc(C(F)(F)F)c1)N1C[C@@H]2CCCN[C@@H]2C1. The van der Waals surface area contributed by atoms with Crippen LogP contribution in [0.4, 0.5) is 13.2 Å². The molecule has 1 unspecified atom stereocenters. The molecule has 0 spiro atoms. The number of halogens is 3. The first-order chi connectivity index (χ1) is 9.95. The lowest BCUT2D eigenvalue weighted by atomic mass is 9.94. The van der Waals surface area contributed by atoms with Crippen molar-refractivity contribution in [2.24, 2.45) is 5.92 Å². The van der Waals surface area contributed by atoms with Gasteiger partial charge in [-0.3, -0.25) is 4.90 Å². The molecule has 0 aromatic heterocycles. The van der Waals surface area contributed by atoms with Gasteiger partial charge in [-0.15, -0.1) is 0 Å². The second kappa shape index (κ2) is 5.61. The number of nitrogens with zero attached hydrogens (tertiary/aromatic N) is 1. The van der Waals surface area contributed by atoms with Crippen LogP contribution in [-0.2, 0) is 6.18 Å². The van der Waals surface area contributed by atoms with Crippen LogP contribution in [0.1, 0.15) is 36.9 Å². The molecule has 0 bridgehead atoms. The number of fused-ring (bicyclic) bond motifs is 1. The Morgan fingerprint density at radius 3 is 2.81 bits per heavy atom. The van der Waals surface area contributed by atoms with Gasteiger partial charge in [0.25, 0.3) is 0 Å². The van der Waals surface area contributed by atoms with E-state index in [1.165, 1.54) is 25.0 Å². The maximum atomic E-state index is 12.8. The van der Waals surface area contributed by atoms with Gasteiger partial charge in [-0.2, -0.15) is 13.2 Å². The summed E-state index contributed by atoms with van der Waals surface area (Å²) in [4.78, 5) is 2.31. The predicted molar refractivity (Wildman–Crippen MR) is 75.9 cm³/mol. The van der Waals surface area contributed by atoms with E-state index in [1.807, 2.05) is 6.92 Å². The minimum Gasteiger partial charge on any atom is -0.312 e. The van der Waals surface area contributed by atoms with Gasteiger partial charge in [0, 0.05) is 25.2 Å². The van der Waals surface area contributed by atoms with Gasteiger partial charge in [0.15, 0.2) is 0 Å². The van der Waals surface area contributed by atoms with E-state index >= 15 is 0 Å². The highest BCUT2D eigenvalue weighted by atomic mass is 19.4. The largest absolute Gasteiger partial charge is 0.416 e. The van der Waals surface area contributed by atoms with E-state index in [-0.39, 0.29) is 6.04 Å². The van der Waals surface area contributed by atoms with Gasteiger partial charge < -0.3 is 5.32 Å². The van der Waals surface area contributed by atoms with Gasteiger partial charge in [0.05, 0.1) is 5.56 Å². The van der Waals surface area contributed by atoms with E-state index in [4.69, 9.17) is 0 Å². The molecule has 5 heteroatoms. The Kier molecular flexibility index (Phi) is 3.97. The second-order valence-corrected chi connectivity index (χ2v) is 6.22. The average Bonchev–Trinajstić information content (AvgIpc) is 2.89. The number of benzene rings is 1. The summed E-state index contributed by atoms with van der Waals surface area (Å²) in [5.74, 6) is 0.645. The van der Waals surface area contributed by atoms with Crippen molar-refractivity contribution in [3.8, 4) is 0 Å². The highest BCUT2D eigenvalue weighted by molar-refractivity contribution is 5.28. The van der Waals surface area contributed by atoms with Crippen LogP contribution < -0.4 is 5.32 Å². The molecule has 3 rings (SSSR count). The van der Waals surface area contributed by atoms with Crippen molar-refractivity contribution in [3.05, 3.63) is 35.4 Å². The number of likely N-dealkylation sites (tertiary alicyclic amines) is 1. The standard InChI is InChI=1S/C16H21F3N2/c1-11(12-4-2-6-14(8-12)16(17,18)19)21-9-13-5-3-7-20-15(13)10-21/h2,4,6,8,11,13,15,20H,3,5,7,9-10H2,1H3/t11?,13-,15+/m0/s1. The number of rotatable bonds is 2. The first kappa shape index (κ1) is 14.9. The molecule has 2 aliphatic heterocycles. The Labute approximate surface area is 123 Å². The van der Waals surface area contributed by atoms with Crippen molar-refractivity contribution in [1.29, 1.82) is 0 Å². The van der Waals surface area contributed by atoms with Gasteiger partial charge in [-0.25, -0.2) is 0 Å². The molecule has 2 heterocycles. The number of alkyl halides is 3. The number of nitrogens with one attached hydrogen (secondary N) is 1. The Morgan fingerprint density at radius 1 is 1.29 bits per heavy atom. The molecule has 1 N–H and O–H groups in total. The monoisotopic (exact) mass is 298 g/mol. The van der Waals surface area contributed by atoms with Crippen molar-refractivity contribution in [2.75, 3.05) is 19.6 Å². The molecule has 2 saturated heterocycles. The van der Waals surface area contributed by atoms with Gasteiger partial charge in [0.2, 0.25) is 0 Å². The molecule has 0 saturated carbocycles. The zero-order valence-electron chi connectivity index (χ0n) is 12.2. The Hall–Kier alpha value is -1.07. The van der Waals surface area contributed by atoms with E-state index in [1.54, 1.807) is 6.07 Å². The molecule has 21 heavy (non-hydrogen) atoms.